The van der Waals surface area contributed by atoms with E-state index in [1.807, 2.05) is 26.2 Å². The average Bonchev–Trinajstić information content (AvgIpc) is 2.60. The van der Waals surface area contributed by atoms with E-state index in [1.54, 1.807) is 0 Å². The Morgan fingerprint density at radius 1 is 0.429 bits per heavy atom. The van der Waals surface area contributed by atoms with E-state index in [0.717, 1.165) is 0 Å². The highest BCUT2D eigenvalue weighted by atomic mass is 28.5. The van der Waals surface area contributed by atoms with Gasteiger partial charge in [-0.15, -0.1) is 0 Å². The predicted octanol–water partition coefficient (Wildman–Crippen LogP) is 1.88. The first-order valence-corrected chi connectivity index (χ1v) is 20.4. The fourth-order valence-corrected chi connectivity index (χ4v) is 27.2. The van der Waals surface area contributed by atoms with E-state index in [4.69, 9.17) is 16.5 Å². The van der Waals surface area contributed by atoms with Crippen molar-refractivity contribution in [1.82, 2.24) is 0 Å². The highest BCUT2D eigenvalue weighted by Crippen LogP contribution is 2.38. The summed E-state index contributed by atoms with van der Waals surface area (Å²) in [5, 5.41) is 37.4. The molecule has 1 heterocycles. The van der Waals surface area contributed by atoms with Gasteiger partial charge in [-0.25, -0.2) is 0 Å². The van der Waals surface area contributed by atoms with Crippen molar-refractivity contribution >= 4 is 34.2 Å². The van der Waals surface area contributed by atoms with Crippen molar-refractivity contribution in [3.8, 4) is 0 Å². The molecule has 1 aliphatic heterocycles. The average molecular weight is 473 g/mol. The molecule has 4 N–H and O–H groups in total. The number of rotatable bonds is 12. The molecule has 0 radical (unpaired) electrons. The van der Waals surface area contributed by atoms with E-state index in [2.05, 4.69) is 0 Å². The van der Waals surface area contributed by atoms with Crippen molar-refractivity contribution in [2.24, 2.45) is 0 Å². The standard InChI is InChI=1S/C16H40O8Si4/c1-25(13-5-9-17)21-26(2,14-6-10-18)23-28(4,16-8-12-20)24-27(3,22-25)15-7-11-19/h17-20H,5-16H2,1-4H3. The molecule has 0 amide bonds. The van der Waals surface area contributed by atoms with Crippen molar-refractivity contribution in [3.05, 3.63) is 0 Å². The van der Waals surface area contributed by atoms with Crippen molar-refractivity contribution in [1.29, 1.82) is 0 Å². The molecule has 0 aromatic carbocycles. The summed E-state index contributed by atoms with van der Waals surface area (Å²) in [6, 6.07) is 2.59. The van der Waals surface area contributed by atoms with Gasteiger partial charge >= 0.3 is 34.2 Å². The normalized spacial score (nSPS) is 36.9. The SMILES string of the molecule is C[Si]1(CCCO)O[Si](C)(CCCO)O[Si](C)(CCCO)O[Si](C)(CCCO)O1. The second-order valence-corrected chi connectivity index (χ2v) is 22.6. The largest absolute Gasteiger partial charge is 0.416 e. The molecule has 0 saturated carbocycles. The van der Waals surface area contributed by atoms with Gasteiger partial charge < -0.3 is 36.9 Å². The zero-order valence-corrected chi connectivity index (χ0v) is 21.9. The lowest BCUT2D eigenvalue weighted by molar-refractivity contribution is 0.207. The van der Waals surface area contributed by atoms with Crippen molar-refractivity contribution < 1.29 is 36.9 Å². The maximum absolute atomic E-state index is 9.35. The van der Waals surface area contributed by atoms with Crippen molar-refractivity contribution in [2.75, 3.05) is 26.4 Å². The molecular weight excluding hydrogens is 433 g/mol. The fourth-order valence-electron chi connectivity index (χ4n) is 3.92. The molecular formula is C16H40O8Si4. The van der Waals surface area contributed by atoms with Gasteiger partial charge in [0.25, 0.3) is 0 Å². The third-order valence-corrected chi connectivity index (χ3v) is 23.7. The van der Waals surface area contributed by atoms with Gasteiger partial charge in [-0.2, -0.15) is 0 Å². The van der Waals surface area contributed by atoms with Gasteiger partial charge in [-0.3, -0.25) is 0 Å². The third-order valence-electron chi connectivity index (χ3n) is 4.88. The lowest BCUT2D eigenvalue weighted by Crippen LogP contribution is -2.67. The molecule has 0 spiro atoms. The van der Waals surface area contributed by atoms with E-state index < -0.39 is 34.2 Å². The van der Waals surface area contributed by atoms with Crippen LogP contribution in [0.3, 0.4) is 0 Å². The smallest absolute Gasteiger partial charge is 0.317 e. The van der Waals surface area contributed by atoms with Crippen LogP contribution >= 0.6 is 0 Å². The summed E-state index contributed by atoms with van der Waals surface area (Å²) in [6.45, 7) is 8.36. The molecule has 168 valence electrons. The highest BCUT2D eigenvalue weighted by molar-refractivity contribution is 6.93. The Morgan fingerprint density at radius 3 is 0.750 bits per heavy atom. The molecule has 0 unspecified atom stereocenters. The summed E-state index contributed by atoms with van der Waals surface area (Å²) in [6.07, 6.45) is 2.38. The Labute approximate surface area is 173 Å². The summed E-state index contributed by atoms with van der Waals surface area (Å²) < 4.78 is 26.8. The number of hydrogen-bond acceptors (Lipinski definition) is 8. The molecule has 0 bridgehead atoms. The Balaban J connectivity index is 3.24. The van der Waals surface area contributed by atoms with Crippen LogP contribution in [0.5, 0.6) is 0 Å². The minimum atomic E-state index is -2.68. The van der Waals surface area contributed by atoms with Gasteiger partial charge in [-0.05, 0) is 76.0 Å². The summed E-state index contributed by atoms with van der Waals surface area (Å²) in [5.41, 5.74) is 0. The van der Waals surface area contributed by atoms with E-state index >= 15 is 0 Å². The lowest BCUT2D eigenvalue weighted by Gasteiger charge is -2.50. The fraction of sp³-hybridized carbons (Fsp3) is 1.00. The summed E-state index contributed by atoms with van der Waals surface area (Å²) in [7, 11) is -10.7. The van der Waals surface area contributed by atoms with E-state index in [-0.39, 0.29) is 26.4 Å². The van der Waals surface area contributed by atoms with Gasteiger partial charge in [-0.1, -0.05) is 0 Å². The Hall–Kier alpha value is 0.548. The zero-order valence-electron chi connectivity index (χ0n) is 17.9. The maximum atomic E-state index is 9.35. The summed E-state index contributed by atoms with van der Waals surface area (Å²) >= 11 is 0. The van der Waals surface area contributed by atoms with E-state index in [9.17, 15) is 20.4 Å². The minimum absolute atomic E-state index is 0.0732. The molecule has 1 aliphatic rings. The molecule has 1 saturated heterocycles. The number of aliphatic hydroxyl groups is 4. The Kier molecular flexibility index (Phi) is 11.2. The monoisotopic (exact) mass is 472 g/mol. The quantitative estimate of drug-likeness (QED) is 0.318. The zero-order chi connectivity index (χ0) is 21.3. The molecule has 12 heteroatoms. The molecule has 0 aromatic rings. The van der Waals surface area contributed by atoms with Gasteiger partial charge in [0.05, 0.1) is 0 Å². The maximum Gasteiger partial charge on any atom is 0.317 e. The molecule has 28 heavy (non-hydrogen) atoms. The van der Waals surface area contributed by atoms with Crippen molar-refractivity contribution in [2.45, 2.75) is 76.0 Å². The van der Waals surface area contributed by atoms with Gasteiger partial charge in [0.2, 0.25) is 0 Å². The van der Waals surface area contributed by atoms with Crippen LogP contribution in [0.2, 0.25) is 50.4 Å². The predicted molar refractivity (Wildman–Crippen MR) is 117 cm³/mol. The van der Waals surface area contributed by atoms with Crippen LogP contribution in [0.15, 0.2) is 0 Å². The Bertz CT molecular complexity index is 368. The first kappa shape index (κ1) is 26.6. The summed E-state index contributed by atoms with van der Waals surface area (Å²) in [5.74, 6) is 0. The van der Waals surface area contributed by atoms with E-state index in [1.165, 1.54) is 0 Å². The van der Waals surface area contributed by atoms with Crippen LogP contribution < -0.4 is 0 Å². The first-order chi connectivity index (χ1) is 13.1. The molecule has 0 aromatic heterocycles. The van der Waals surface area contributed by atoms with Crippen LogP contribution in [0.1, 0.15) is 25.7 Å². The van der Waals surface area contributed by atoms with Gasteiger partial charge in [0.15, 0.2) is 0 Å². The second kappa shape index (κ2) is 11.8. The van der Waals surface area contributed by atoms with Crippen LogP contribution in [0.25, 0.3) is 0 Å². The summed E-state index contributed by atoms with van der Waals surface area (Å²) in [4.78, 5) is 0. The van der Waals surface area contributed by atoms with E-state index in [0.29, 0.717) is 49.9 Å². The second-order valence-electron chi connectivity index (χ2n) is 8.25. The molecule has 8 nitrogen and oxygen atoms in total. The highest BCUT2D eigenvalue weighted by Gasteiger charge is 2.56. The number of aliphatic hydroxyl groups excluding tert-OH is 4. The lowest BCUT2D eigenvalue weighted by atomic mass is 10.5. The van der Waals surface area contributed by atoms with Crippen LogP contribution in [0.4, 0.5) is 0 Å². The van der Waals surface area contributed by atoms with Crippen LogP contribution in [-0.2, 0) is 16.5 Å². The third kappa shape index (κ3) is 8.73. The van der Waals surface area contributed by atoms with Gasteiger partial charge in [0, 0.05) is 26.4 Å². The minimum Gasteiger partial charge on any atom is -0.416 e. The van der Waals surface area contributed by atoms with Crippen LogP contribution in [0, 0.1) is 0 Å². The van der Waals surface area contributed by atoms with Crippen molar-refractivity contribution in [3.63, 3.8) is 0 Å². The van der Waals surface area contributed by atoms with Gasteiger partial charge in [0.1, 0.15) is 0 Å². The molecule has 0 atom stereocenters. The molecule has 0 aliphatic carbocycles. The first-order valence-electron chi connectivity index (χ1n) is 10.3. The topological polar surface area (TPSA) is 118 Å². The molecule has 1 fully saturated rings. The number of hydrogen-bond donors (Lipinski definition) is 4. The Morgan fingerprint density at radius 2 is 0.607 bits per heavy atom. The van der Waals surface area contributed by atoms with Crippen LogP contribution in [-0.4, -0.2) is 81.1 Å². The molecule has 1 rings (SSSR count).